The number of carboxylic acids is 1. The van der Waals surface area contributed by atoms with Crippen molar-refractivity contribution in [2.45, 2.75) is 26.4 Å². The summed E-state index contributed by atoms with van der Waals surface area (Å²) >= 11 is 0. The third-order valence-corrected chi connectivity index (χ3v) is 4.73. The number of rotatable bonds is 5. The first-order chi connectivity index (χ1) is 12.2. The maximum atomic E-state index is 11.4. The largest absolute Gasteiger partial charge is 0.497 e. The van der Waals surface area contributed by atoms with Crippen molar-refractivity contribution in [1.29, 1.82) is 0 Å². The molecule has 0 atom stereocenters. The molecule has 1 aromatic heterocycles. The Hall–Kier alpha value is -2.95. The van der Waals surface area contributed by atoms with E-state index < -0.39 is 11.6 Å². The van der Waals surface area contributed by atoms with Gasteiger partial charge in [0.2, 0.25) is 0 Å². The number of aliphatic carboxylic acids is 1. The van der Waals surface area contributed by atoms with Crippen molar-refractivity contribution in [3.05, 3.63) is 48.2 Å². The van der Waals surface area contributed by atoms with Crippen molar-refractivity contribution < 1.29 is 19.4 Å². The van der Waals surface area contributed by atoms with E-state index >= 15 is 0 Å². The zero-order chi connectivity index (χ0) is 19.1. The smallest absolute Gasteiger partial charge is 0.347 e. The summed E-state index contributed by atoms with van der Waals surface area (Å²) in [6.07, 6.45) is 0. The zero-order valence-corrected chi connectivity index (χ0v) is 15.7. The molecule has 0 radical (unpaired) electrons. The lowest BCUT2D eigenvalue weighted by Crippen LogP contribution is -2.37. The first kappa shape index (κ1) is 17.9. The molecule has 136 valence electrons. The number of methoxy groups -OCH3 is 1. The number of fused-ring (bicyclic) bond motifs is 1. The van der Waals surface area contributed by atoms with E-state index in [0.29, 0.717) is 5.75 Å². The quantitative estimate of drug-likeness (QED) is 0.738. The Kier molecular flexibility index (Phi) is 4.40. The van der Waals surface area contributed by atoms with Crippen molar-refractivity contribution in [3.8, 4) is 22.6 Å². The van der Waals surface area contributed by atoms with E-state index in [2.05, 4.69) is 11.5 Å². The first-order valence-corrected chi connectivity index (χ1v) is 8.40. The van der Waals surface area contributed by atoms with Crippen LogP contribution in [0.4, 0.5) is 0 Å². The molecule has 1 heterocycles. The van der Waals surface area contributed by atoms with Gasteiger partial charge < -0.3 is 19.1 Å². The Balaban J connectivity index is 2.14. The van der Waals surface area contributed by atoms with E-state index in [0.717, 1.165) is 33.5 Å². The SMILES string of the molecule is COc1ccc(-c2c(C)n(C)c3ccc(OC(C)(C)C(=O)O)cc23)cc1. The number of carbonyl (C=O) groups is 1. The van der Waals surface area contributed by atoms with E-state index in [9.17, 15) is 9.90 Å². The monoisotopic (exact) mass is 353 g/mol. The topological polar surface area (TPSA) is 60.7 Å². The zero-order valence-electron chi connectivity index (χ0n) is 15.7. The summed E-state index contributed by atoms with van der Waals surface area (Å²) in [6, 6.07) is 13.6. The van der Waals surface area contributed by atoms with Gasteiger partial charge >= 0.3 is 5.97 Å². The summed E-state index contributed by atoms with van der Waals surface area (Å²) in [5.41, 5.74) is 3.07. The number of aryl methyl sites for hydroxylation is 1. The molecule has 5 nitrogen and oxygen atoms in total. The molecule has 3 aromatic rings. The fourth-order valence-electron chi connectivity index (χ4n) is 3.07. The van der Waals surface area contributed by atoms with Gasteiger partial charge in [0.05, 0.1) is 7.11 Å². The molecule has 1 N–H and O–H groups in total. The number of hydrogen-bond donors (Lipinski definition) is 1. The van der Waals surface area contributed by atoms with Crippen LogP contribution < -0.4 is 9.47 Å². The van der Waals surface area contributed by atoms with Crippen LogP contribution in [0.3, 0.4) is 0 Å². The van der Waals surface area contributed by atoms with E-state index in [1.54, 1.807) is 21.0 Å². The molecule has 3 rings (SSSR count). The molecule has 0 bridgehead atoms. The number of carboxylic acid groups (broad SMARTS) is 1. The number of benzene rings is 2. The summed E-state index contributed by atoms with van der Waals surface area (Å²) in [5.74, 6) is 0.335. The average Bonchev–Trinajstić information content (AvgIpc) is 2.85. The molecule has 0 spiro atoms. The Bertz CT molecular complexity index is 968. The average molecular weight is 353 g/mol. The van der Waals surface area contributed by atoms with Crippen LogP contribution >= 0.6 is 0 Å². The molecule has 0 saturated carbocycles. The standard InChI is InChI=1S/C21H23NO4/c1-13-19(14-6-8-15(25-5)9-7-14)17-12-16(10-11-18(17)22(13)4)26-21(2,3)20(23)24/h6-12H,1-5H3,(H,23,24). The maximum Gasteiger partial charge on any atom is 0.347 e. The molecular formula is C21H23NO4. The van der Waals surface area contributed by atoms with Crippen LogP contribution in [0.15, 0.2) is 42.5 Å². The lowest BCUT2D eigenvalue weighted by molar-refractivity contribution is -0.152. The minimum Gasteiger partial charge on any atom is -0.497 e. The molecule has 0 amide bonds. The minimum atomic E-state index is -1.29. The molecule has 5 heteroatoms. The fraction of sp³-hybridized carbons (Fsp3) is 0.286. The van der Waals surface area contributed by atoms with Gasteiger partial charge in [-0.05, 0) is 56.7 Å². The summed E-state index contributed by atoms with van der Waals surface area (Å²) in [5, 5.41) is 10.3. The molecule has 0 saturated heterocycles. The number of hydrogen-bond acceptors (Lipinski definition) is 3. The van der Waals surface area contributed by atoms with Gasteiger partial charge in [0.15, 0.2) is 5.60 Å². The highest BCUT2D eigenvalue weighted by Crippen LogP contribution is 2.37. The van der Waals surface area contributed by atoms with Gasteiger partial charge in [-0.2, -0.15) is 0 Å². The van der Waals surface area contributed by atoms with Crippen LogP contribution in [0.25, 0.3) is 22.0 Å². The highest BCUT2D eigenvalue weighted by molar-refractivity contribution is 5.99. The Morgan fingerprint density at radius 1 is 1.08 bits per heavy atom. The summed E-state index contributed by atoms with van der Waals surface area (Å²) in [6.45, 7) is 5.15. The summed E-state index contributed by atoms with van der Waals surface area (Å²) in [7, 11) is 3.67. The maximum absolute atomic E-state index is 11.4. The van der Waals surface area contributed by atoms with Crippen molar-refractivity contribution >= 4 is 16.9 Å². The van der Waals surface area contributed by atoms with Crippen LogP contribution in [-0.2, 0) is 11.8 Å². The van der Waals surface area contributed by atoms with Crippen molar-refractivity contribution in [2.24, 2.45) is 7.05 Å². The number of ether oxygens (including phenoxy) is 2. The molecular weight excluding hydrogens is 330 g/mol. The van der Waals surface area contributed by atoms with E-state index in [1.165, 1.54) is 0 Å². The fourth-order valence-corrected chi connectivity index (χ4v) is 3.07. The third-order valence-electron chi connectivity index (χ3n) is 4.73. The highest BCUT2D eigenvalue weighted by atomic mass is 16.5. The van der Waals surface area contributed by atoms with Crippen molar-refractivity contribution in [1.82, 2.24) is 4.57 Å². The number of aromatic nitrogens is 1. The molecule has 2 aromatic carbocycles. The second-order valence-corrected chi connectivity index (χ2v) is 6.84. The molecule has 0 aliphatic heterocycles. The summed E-state index contributed by atoms with van der Waals surface area (Å²) < 4.78 is 13.1. The van der Waals surface area contributed by atoms with Gasteiger partial charge in [0.25, 0.3) is 0 Å². The van der Waals surface area contributed by atoms with Crippen LogP contribution in [-0.4, -0.2) is 28.4 Å². The normalized spacial score (nSPS) is 11.6. The summed E-state index contributed by atoms with van der Waals surface area (Å²) in [4.78, 5) is 11.4. The highest BCUT2D eigenvalue weighted by Gasteiger charge is 2.29. The molecule has 0 aliphatic rings. The number of nitrogens with zero attached hydrogens (tertiary/aromatic N) is 1. The van der Waals surface area contributed by atoms with Gasteiger partial charge in [0.1, 0.15) is 11.5 Å². The third kappa shape index (κ3) is 3.01. The van der Waals surface area contributed by atoms with Crippen LogP contribution in [0, 0.1) is 6.92 Å². The lowest BCUT2D eigenvalue weighted by Gasteiger charge is -2.21. The molecule has 0 aliphatic carbocycles. The van der Waals surface area contributed by atoms with Gasteiger partial charge in [-0.1, -0.05) is 12.1 Å². The van der Waals surface area contributed by atoms with Crippen LogP contribution in [0.2, 0.25) is 0 Å². The Labute approximate surface area is 152 Å². The predicted octanol–water partition coefficient (Wildman–Crippen LogP) is 4.40. The Morgan fingerprint density at radius 3 is 2.27 bits per heavy atom. The van der Waals surface area contributed by atoms with E-state index in [4.69, 9.17) is 9.47 Å². The van der Waals surface area contributed by atoms with Gasteiger partial charge in [-0.15, -0.1) is 0 Å². The van der Waals surface area contributed by atoms with E-state index in [1.807, 2.05) is 49.5 Å². The Morgan fingerprint density at radius 2 is 1.69 bits per heavy atom. The van der Waals surface area contributed by atoms with E-state index in [-0.39, 0.29) is 0 Å². The molecule has 26 heavy (non-hydrogen) atoms. The van der Waals surface area contributed by atoms with Crippen LogP contribution in [0.5, 0.6) is 11.5 Å². The second kappa shape index (κ2) is 6.41. The first-order valence-electron chi connectivity index (χ1n) is 8.40. The van der Waals surface area contributed by atoms with Gasteiger partial charge in [0, 0.05) is 29.2 Å². The second-order valence-electron chi connectivity index (χ2n) is 6.84. The molecule has 0 fully saturated rings. The van der Waals surface area contributed by atoms with Crippen molar-refractivity contribution in [2.75, 3.05) is 7.11 Å². The van der Waals surface area contributed by atoms with Gasteiger partial charge in [-0.3, -0.25) is 0 Å². The van der Waals surface area contributed by atoms with Crippen LogP contribution in [0.1, 0.15) is 19.5 Å². The predicted molar refractivity (Wildman–Crippen MR) is 102 cm³/mol. The molecule has 0 unspecified atom stereocenters. The minimum absolute atomic E-state index is 0.533. The lowest BCUT2D eigenvalue weighted by atomic mass is 10.0. The van der Waals surface area contributed by atoms with Crippen molar-refractivity contribution in [3.63, 3.8) is 0 Å². The van der Waals surface area contributed by atoms with Gasteiger partial charge in [-0.25, -0.2) is 4.79 Å².